The number of carboxylic acid groups (broad SMARTS) is 1. The number of allylic oxidation sites excluding steroid dienone is 1. The molecule has 0 radical (unpaired) electrons. The summed E-state index contributed by atoms with van der Waals surface area (Å²) in [5, 5.41) is 8.55. The maximum Gasteiger partial charge on any atom is 0.320 e. The van der Waals surface area contributed by atoms with Crippen LogP contribution in [0, 0.1) is 0 Å². The van der Waals surface area contributed by atoms with Crippen molar-refractivity contribution in [3.8, 4) is 0 Å². The Labute approximate surface area is 103 Å². The summed E-state index contributed by atoms with van der Waals surface area (Å²) in [7, 11) is 0. The Morgan fingerprint density at radius 2 is 2.18 bits per heavy atom. The van der Waals surface area contributed by atoms with Gasteiger partial charge in [-0.1, -0.05) is 6.08 Å². The van der Waals surface area contributed by atoms with Crippen molar-refractivity contribution in [2.75, 3.05) is 13.2 Å². The van der Waals surface area contributed by atoms with Crippen LogP contribution in [0.25, 0.3) is 0 Å². The molecule has 5 nitrogen and oxygen atoms in total. The number of carboxylic acids is 1. The van der Waals surface area contributed by atoms with Gasteiger partial charge in [0.2, 0.25) is 0 Å². The normalized spacial score (nSPS) is 12.3. The van der Waals surface area contributed by atoms with E-state index in [9.17, 15) is 4.79 Å². The van der Waals surface area contributed by atoms with Crippen LogP contribution in [0.15, 0.2) is 12.7 Å². The van der Waals surface area contributed by atoms with Crippen LogP contribution in [0.4, 0.5) is 0 Å². The van der Waals surface area contributed by atoms with Crippen molar-refractivity contribution in [2.45, 2.75) is 44.6 Å². The summed E-state index contributed by atoms with van der Waals surface area (Å²) in [6.07, 6.45) is 7.21. The van der Waals surface area contributed by atoms with E-state index in [-0.39, 0.29) is 0 Å². The average Bonchev–Trinajstić information content (AvgIpc) is 2.31. The second-order valence-corrected chi connectivity index (χ2v) is 3.97. The predicted molar refractivity (Wildman–Crippen MR) is 67.5 cm³/mol. The summed E-state index contributed by atoms with van der Waals surface area (Å²) in [6, 6.07) is -0.741. The van der Waals surface area contributed by atoms with Gasteiger partial charge in [0, 0.05) is 6.54 Å². The topological polar surface area (TPSA) is 84.6 Å². The molecule has 5 heteroatoms. The van der Waals surface area contributed by atoms with Gasteiger partial charge in [-0.25, -0.2) is 5.48 Å². The SMILES string of the molecule is C=CCCCCONCCCC[C@H](N)C(=O)O. The van der Waals surface area contributed by atoms with Gasteiger partial charge in [-0.05, 0) is 38.5 Å². The molecule has 0 spiro atoms. The van der Waals surface area contributed by atoms with Crippen molar-refractivity contribution in [1.82, 2.24) is 5.48 Å². The lowest BCUT2D eigenvalue weighted by atomic mass is 10.1. The first-order chi connectivity index (χ1) is 8.18. The standard InChI is InChI=1S/C12H24N2O3/c1-2-3-4-7-10-17-14-9-6-5-8-11(13)12(15)16/h2,11,14H,1,3-10,13H2,(H,15,16)/t11-/m0/s1. The lowest BCUT2D eigenvalue weighted by Gasteiger charge is -2.07. The molecule has 0 bridgehead atoms. The number of unbranched alkanes of at least 4 members (excludes halogenated alkanes) is 3. The van der Waals surface area contributed by atoms with Crippen LogP contribution in [0.1, 0.15) is 38.5 Å². The third-order valence-electron chi connectivity index (χ3n) is 2.37. The molecule has 0 aliphatic heterocycles. The number of carbonyl (C=O) groups is 1. The summed E-state index contributed by atoms with van der Waals surface area (Å²) in [4.78, 5) is 15.6. The fourth-order valence-electron chi connectivity index (χ4n) is 1.29. The number of rotatable bonds is 12. The summed E-state index contributed by atoms with van der Waals surface area (Å²) >= 11 is 0. The van der Waals surface area contributed by atoms with Crippen molar-refractivity contribution in [3.63, 3.8) is 0 Å². The minimum Gasteiger partial charge on any atom is -0.480 e. The minimum atomic E-state index is -0.934. The molecule has 4 N–H and O–H groups in total. The van der Waals surface area contributed by atoms with Gasteiger partial charge in [0.1, 0.15) is 6.04 Å². The van der Waals surface area contributed by atoms with E-state index in [1.165, 1.54) is 0 Å². The van der Waals surface area contributed by atoms with Crippen LogP contribution < -0.4 is 11.2 Å². The Balaban J connectivity index is 3.08. The van der Waals surface area contributed by atoms with Crippen LogP contribution in [0.3, 0.4) is 0 Å². The van der Waals surface area contributed by atoms with Crippen LogP contribution in [-0.2, 0) is 9.63 Å². The van der Waals surface area contributed by atoms with E-state index >= 15 is 0 Å². The fourth-order valence-corrected chi connectivity index (χ4v) is 1.29. The van der Waals surface area contributed by atoms with Crippen molar-refractivity contribution >= 4 is 5.97 Å². The van der Waals surface area contributed by atoms with E-state index in [1.807, 2.05) is 6.08 Å². The highest BCUT2D eigenvalue weighted by atomic mass is 16.6. The molecule has 0 saturated heterocycles. The van der Waals surface area contributed by atoms with Crippen molar-refractivity contribution in [1.29, 1.82) is 0 Å². The first-order valence-electron chi connectivity index (χ1n) is 6.12. The first kappa shape index (κ1) is 16.1. The molecule has 0 amide bonds. The molecular weight excluding hydrogens is 220 g/mol. The molecule has 0 aliphatic rings. The van der Waals surface area contributed by atoms with E-state index < -0.39 is 12.0 Å². The van der Waals surface area contributed by atoms with Gasteiger partial charge in [0.25, 0.3) is 0 Å². The molecule has 1 atom stereocenters. The van der Waals surface area contributed by atoms with Crippen LogP contribution in [0.5, 0.6) is 0 Å². The van der Waals surface area contributed by atoms with Crippen LogP contribution in [0.2, 0.25) is 0 Å². The largest absolute Gasteiger partial charge is 0.480 e. The summed E-state index contributed by atoms with van der Waals surface area (Å²) < 4.78 is 0. The third-order valence-corrected chi connectivity index (χ3v) is 2.37. The molecule has 0 fully saturated rings. The Morgan fingerprint density at radius 3 is 2.82 bits per heavy atom. The minimum absolute atomic E-state index is 0.510. The zero-order chi connectivity index (χ0) is 12.9. The number of hydrogen-bond acceptors (Lipinski definition) is 4. The van der Waals surface area contributed by atoms with Crippen molar-refractivity contribution in [3.05, 3.63) is 12.7 Å². The Hall–Kier alpha value is -0.910. The molecule has 0 heterocycles. The van der Waals surface area contributed by atoms with E-state index in [0.717, 1.165) is 38.6 Å². The average molecular weight is 244 g/mol. The third kappa shape index (κ3) is 11.4. The van der Waals surface area contributed by atoms with Gasteiger partial charge >= 0.3 is 5.97 Å². The lowest BCUT2D eigenvalue weighted by molar-refractivity contribution is -0.138. The Bertz CT molecular complexity index is 210. The molecule has 100 valence electrons. The number of hydroxylamine groups is 1. The highest BCUT2D eigenvalue weighted by Gasteiger charge is 2.09. The van der Waals surface area contributed by atoms with Gasteiger partial charge in [-0.2, -0.15) is 0 Å². The molecule has 17 heavy (non-hydrogen) atoms. The highest BCUT2D eigenvalue weighted by molar-refractivity contribution is 5.72. The smallest absolute Gasteiger partial charge is 0.320 e. The monoisotopic (exact) mass is 244 g/mol. The first-order valence-corrected chi connectivity index (χ1v) is 6.12. The van der Waals surface area contributed by atoms with Crippen molar-refractivity contribution in [2.24, 2.45) is 5.73 Å². The molecular formula is C12H24N2O3. The number of nitrogens with one attached hydrogen (secondary N) is 1. The van der Waals surface area contributed by atoms with E-state index in [2.05, 4.69) is 12.1 Å². The summed E-state index contributed by atoms with van der Waals surface area (Å²) in [6.45, 7) is 5.07. The predicted octanol–water partition coefficient (Wildman–Crippen LogP) is 1.45. The molecule has 0 aromatic carbocycles. The fraction of sp³-hybridized carbons (Fsp3) is 0.750. The zero-order valence-electron chi connectivity index (χ0n) is 10.4. The highest BCUT2D eigenvalue weighted by Crippen LogP contribution is 1.98. The number of nitrogens with two attached hydrogens (primary N) is 1. The quantitative estimate of drug-likeness (QED) is 0.275. The molecule has 0 saturated carbocycles. The summed E-state index contributed by atoms with van der Waals surface area (Å²) in [5.41, 5.74) is 8.22. The number of hydrogen-bond donors (Lipinski definition) is 3. The van der Waals surface area contributed by atoms with E-state index in [0.29, 0.717) is 13.0 Å². The summed E-state index contributed by atoms with van der Waals surface area (Å²) in [5.74, 6) is -0.934. The van der Waals surface area contributed by atoms with Gasteiger partial charge in [-0.15, -0.1) is 6.58 Å². The Kier molecular flexibility index (Phi) is 11.0. The maximum absolute atomic E-state index is 10.4. The molecule has 0 rings (SSSR count). The van der Waals surface area contributed by atoms with Crippen LogP contribution >= 0.6 is 0 Å². The van der Waals surface area contributed by atoms with Gasteiger partial charge < -0.3 is 15.7 Å². The second-order valence-electron chi connectivity index (χ2n) is 3.97. The molecule has 0 unspecified atom stereocenters. The molecule has 0 aromatic rings. The zero-order valence-corrected chi connectivity index (χ0v) is 10.4. The molecule has 0 aromatic heterocycles. The molecule has 0 aliphatic carbocycles. The van der Waals surface area contributed by atoms with Crippen LogP contribution in [-0.4, -0.2) is 30.3 Å². The lowest BCUT2D eigenvalue weighted by Crippen LogP contribution is -2.30. The Morgan fingerprint density at radius 1 is 1.41 bits per heavy atom. The van der Waals surface area contributed by atoms with E-state index in [1.54, 1.807) is 0 Å². The van der Waals surface area contributed by atoms with Gasteiger partial charge in [0.05, 0.1) is 6.61 Å². The van der Waals surface area contributed by atoms with Crippen molar-refractivity contribution < 1.29 is 14.7 Å². The van der Waals surface area contributed by atoms with Gasteiger partial charge in [0.15, 0.2) is 0 Å². The van der Waals surface area contributed by atoms with E-state index in [4.69, 9.17) is 15.7 Å². The maximum atomic E-state index is 10.4. The number of aliphatic carboxylic acids is 1. The van der Waals surface area contributed by atoms with Gasteiger partial charge in [-0.3, -0.25) is 4.79 Å². The second kappa shape index (κ2) is 11.6.